The first-order chi connectivity index (χ1) is 7.45. The van der Waals surface area contributed by atoms with E-state index in [9.17, 15) is 0 Å². The topological polar surface area (TPSA) is 24.9 Å². The van der Waals surface area contributed by atoms with Crippen LogP contribution in [0, 0.1) is 5.92 Å². The summed E-state index contributed by atoms with van der Waals surface area (Å²) in [6.07, 6.45) is 10.1. The van der Waals surface area contributed by atoms with Crippen molar-refractivity contribution < 1.29 is 0 Å². The molecule has 1 aromatic heterocycles. The third kappa shape index (κ3) is 1.59. The van der Waals surface area contributed by atoms with Gasteiger partial charge in [-0.25, -0.2) is 0 Å². The Hall–Kier alpha value is -1.15. The minimum absolute atomic E-state index is 0.586. The van der Waals surface area contributed by atoms with Crippen LogP contribution in [0.1, 0.15) is 24.8 Å². The van der Waals surface area contributed by atoms with Gasteiger partial charge in [-0.3, -0.25) is 4.98 Å². The quantitative estimate of drug-likeness (QED) is 0.752. The molecule has 2 heterocycles. The highest BCUT2D eigenvalue weighted by molar-refractivity contribution is 5.70. The standard InChI is InChI=1S/C13H16N2/c1-3-10-6-8-15-13(10)12(5-1)11-4-2-7-14-9-11/h2,4-5,7,9-10,13,15H,1,3,6,8H2/t10-,13+/m1/s1. The van der Waals surface area contributed by atoms with E-state index in [-0.39, 0.29) is 0 Å². The predicted octanol–water partition coefficient (Wildman–Crippen LogP) is 2.24. The summed E-state index contributed by atoms with van der Waals surface area (Å²) in [5.41, 5.74) is 2.76. The molecule has 3 rings (SSSR count). The van der Waals surface area contributed by atoms with Crippen molar-refractivity contribution in [3.05, 3.63) is 36.2 Å². The summed E-state index contributed by atoms with van der Waals surface area (Å²) in [6, 6.07) is 4.78. The third-order valence-corrected chi connectivity index (χ3v) is 3.58. The van der Waals surface area contributed by atoms with Crippen LogP contribution in [0.3, 0.4) is 0 Å². The predicted molar refractivity (Wildman–Crippen MR) is 61.3 cm³/mol. The number of rotatable bonds is 1. The van der Waals surface area contributed by atoms with Crippen molar-refractivity contribution in [1.29, 1.82) is 0 Å². The maximum atomic E-state index is 4.21. The zero-order valence-electron chi connectivity index (χ0n) is 8.82. The molecule has 1 fully saturated rings. The Balaban J connectivity index is 1.95. The van der Waals surface area contributed by atoms with Gasteiger partial charge in [0, 0.05) is 18.4 Å². The molecule has 0 aromatic carbocycles. The molecule has 2 heteroatoms. The second-order valence-electron chi connectivity index (χ2n) is 4.46. The molecule has 1 aromatic rings. The smallest absolute Gasteiger partial charge is 0.0352 e. The number of fused-ring (bicyclic) bond motifs is 1. The van der Waals surface area contributed by atoms with Gasteiger partial charge in [0.25, 0.3) is 0 Å². The fourth-order valence-corrected chi connectivity index (χ4v) is 2.84. The first kappa shape index (κ1) is 9.10. The highest BCUT2D eigenvalue weighted by atomic mass is 15.0. The summed E-state index contributed by atoms with van der Waals surface area (Å²) in [7, 11) is 0. The largest absolute Gasteiger partial charge is 0.310 e. The van der Waals surface area contributed by atoms with Crippen LogP contribution < -0.4 is 5.32 Å². The first-order valence-corrected chi connectivity index (χ1v) is 5.79. The molecule has 0 radical (unpaired) electrons. The van der Waals surface area contributed by atoms with E-state index >= 15 is 0 Å². The van der Waals surface area contributed by atoms with E-state index in [0.29, 0.717) is 6.04 Å². The van der Waals surface area contributed by atoms with Crippen LogP contribution in [0.15, 0.2) is 30.6 Å². The molecule has 1 aliphatic carbocycles. The maximum absolute atomic E-state index is 4.21. The maximum Gasteiger partial charge on any atom is 0.0352 e. The van der Waals surface area contributed by atoms with Crippen molar-refractivity contribution in [2.45, 2.75) is 25.3 Å². The van der Waals surface area contributed by atoms with Crippen molar-refractivity contribution in [3.8, 4) is 0 Å². The molecule has 0 bridgehead atoms. The molecule has 2 nitrogen and oxygen atoms in total. The summed E-state index contributed by atoms with van der Waals surface area (Å²) >= 11 is 0. The monoisotopic (exact) mass is 200 g/mol. The van der Waals surface area contributed by atoms with E-state index in [2.05, 4.69) is 22.4 Å². The van der Waals surface area contributed by atoms with Gasteiger partial charge in [0.1, 0.15) is 0 Å². The van der Waals surface area contributed by atoms with E-state index in [1.54, 1.807) is 0 Å². The van der Waals surface area contributed by atoms with Crippen LogP contribution in [-0.4, -0.2) is 17.6 Å². The van der Waals surface area contributed by atoms with E-state index in [0.717, 1.165) is 5.92 Å². The molecule has 0 unspecified atom stereocenters. The normalized spacial score (nSPS) is 29.7. The van der Waals surface area contributed by atoms with Gasteiger partial charge >= 0.3 is 0 Å². The highest BCUT2D eigenvalue weighted by Crippen LogP contribution is 2.35. The average Bonchev–Trinajstić information content (AvgIpc) is 2.78. The fraction of sp³-hybridized carbons (Fsp3) is 0.462. The molecule has 0 saturated carbocycles. The Morgan fingerprint density at radius 3 is 3.20 bits per heavy atom. The minimum atomic E-state index is 0.586. The minimum Gasteiger partial charge on any atom is -0.310 e. The van der Waals surface area contributed by atoms with Crippen LogP contribution in [0.2, 0.25) is 0 Å². The molecule has 1 saturated heterocycles. The van der Waals surface area contributed by atoms with Crippen molar-refractivity contribution in [1.82, 2.24) is 10.3 Å². The van der Waals surface area contributed by atoms with E-state index < -0.39 is 0 Å². The molecule has 1 N–H and O–H groups in total. The van der Waals surface area contributed by atoms with Crippen molar-refractivity contribution in [3.63, 3.8) is 0 Å². The summed E-state index contributed by atoms with van der Waals surface area (Å²) in [5.74, 6) is 0.852. The van der Waals surface area contributed by atoms with Crippen LogP contribution in [0.5, 0.6) is 0 Å². The number of nitrogens with zero attached hydrogens (tertiary/aromatic N) is 1. The van der Waals surface area contributed by atoms with Crippen molar-refractivity contribution in [2.75, 3.05) is 6.54 Å². The fourth-order valence-electron chi connectivity index (χ4n) is 2.84. The van der Waals surface area contributed by atoms with Crippen LogP contribution in [0.25, 0.3) is 5.57 Å². The number of allylic oxidation sites excluding steroid dienone is 1. The summed E-state index contributed by atoms with van der Waals surface area (Å²) < 4.78 is 0. The zero-order valence-corrected chi connectivity index (χ0v) is 8.82. The lowest BCUT2D eigenvalue weighted by atomic mass is 9.82. The number of aromatic nitrogens is 1. The Morgan fingerprint density at radius 1 is 1.33 bits per heavy atom. The van der Waals surface area contributed by atoms with Crippen molar-refractivity contribution in [2.24, 2.45) is 5.92 Å². The zero-order chi connectivity index (χ0) is 10.1. The number of hydrogen-bond acceptors (Lipinski definition) is 2. The van der Waals surface area contributed by atoms with Crippen LogP contribution in [-0.2, 0) is 0 Å². The Bertz CT molecular complexity index is 369. The summed E-state index contributed by atoms with van der Waals surface area (Å²) in [5, 5.41) is 3.61. The number of hydrogen-bond donors (Lipinski definition) is 1. The van der Waals surface area contributed by atoms with Gasteiger partial charge in [-0.05, 0) is 48.9 Å². The SMILES string of the molecule is C1=C(c2cccnc2)[C@H]2NCC[C@H]2CC1. The van der Waals surface area contributed by atoms with Gasteiger partial charge in [0.2, 0.25) is 0 Å². The molecule has 1 aliphatic heterocycles. The van der Waals surface area contributed by atoms with Gasteiger partial charge in [0.05, 0.1) is 0 Å². The molecular formula is C13H16N2. The number of pyridine rings is 1. The lowest BCUT2D eigenvalue weighted by Crippen LogP contribution is -2.30. The Morgan fingerprint density at radius 2 is 2.33 bits per heavy atom. The third-order valence-electron chi connectivity index (χ3n) is 3.58. The van der Waals surface area contributed by atoms with Crippen LogP contribution in [0.4, 0.5) is 0 Å². The first-order valence-electron chi connectivity index (χ1n) is 5.79. The van der Waals surface area contributed by atoms with Crippen LogP contribution >= 0.6 is 0 Å². The molecule has 2 aliphatic rings. The molecule has 0 spiro atoms. The molecule has 15 heavy (non-hydrogen) atoms. The summed E-state index contributed by atoms with van der Waals surface area (Å²) in [6.45, 7) is 1.17. The molecular weight excluding hydrogens is 184 g/mol. The Kier molecular flexibility index (Phi) is 2.29. The van der Waals surface area contributed by atoms with E-state index in [1.807, 2.05) is 18.5 Å². The van der Waals surface area contributed by atoms with Gasteiger partial charge in [-0.1, -0.05) is 12.1 Å². The van der Waals surface area contributed by atoms with Gasteiger partial charge in [-0.2, -0.15) is 0 Å². The van der Waals surface area contributed by atoms with Crippen molar-refractivity contribution >= 4 is 5.57 Å². The van der Waals surface area contributed by atoms with E-state index in [4.69, 9.17) is 0 Å². The average molecular weight is 200 g/mol. The lowest BCUT2D eigenvalue weighted by molar-refractivity contribution is 0.470. The van der Waals surface area contributed by atoms with Gasteiger partial charge in [0.15, 0.2) is 0 Å². The Labute approximate surface area is 90.4 Å². The van der Waals surface area contributed by atoms with E-state index in [1.165, 1.54) is 36.9 Å². The van der Waals surface area contributed by atoms with Gasteiger partial charge < -0.3 is 5.32 Å². The highest BCUT2D eigenvalue weighted by Gasteiger charge is 2.32. The molecule has 0 amide bonds. The van der Waals surface area contributed by atoms with Gasteiger partial charge in [-0.15, -0.1) is 0 Å². The molecule has 2 atom stereocenters. The summed E-state index contributed by atoms with van der Waals surface area (Å²) in [4.78, 5) is 4.21. The second-order valence-corrected chi connectivity index (χ2v) is 4.46. The second kappa shape index (κ2) is 3.78. The molecule has 78 valence electrons. The lowest BCUT2D eigenvalue weighted by Gasteiger charge is -2.26. The number of nitrogens with one attached hydrogen (secondary N) is 1.